The standard InChI is InChI=1S/C15H18BrN3O/c1-3-8-17-9-12-10-18-15(19-11(12)2)20-14-6-4-13(16)5-7-14/h4-7,10,17H,3,8-9H2,1-2H3. The van der Waals surface area contributed by atoms with E-state index in [-0.39, 0.29) is 0 Å². The van der Waals surface area contributed by atoms with Crippen molar-refractivity contribution in [1.82, 2.24) is 15.3 Å². The lowest BCUT2D eigenvalue weighted by atomic mass is 10.2. The molecule has 0 atom stereocenters. The SMILES string of the molecule is CCCNCc1cnc(Oc2ccc(Br)cc2)nc1C. The largest absolute Gasteiger partial charge is 0.424 e. The Morgan fingerprint density at radius 3 is 2.65 bits per heavy atom. The molecule has 1 aromatic heterocycles. The van der Waals surface area contributed by atoms with E-state index < -0.39 is 0 Å². The fraction of sp³-hybridized carbons (Fsp3) is 0.333. The van der Waals surface area contributed by atoms with E-state index in [1.165, 1.54) is 0 Å². The zero-order valence-electron chi connectivity index (χ0n) is 11.7. The highest BCUT2D eigenvalue weighted by molar-refractivity contribution is 9.10. The number of aryl methyl sites for hydroxylation is 1. The number of halogens is 1. The molecule has 2 rings (SSSR count). The third kappa shape index (κ3) is 4.28. The van der Waals surface area contributed by atoms with Crippen LogP contribution in [0, 0.1) is 6.92 Å². The van der Waals surface area contributed by atoms with Gasteiger partial charge in [0.25, 0.3) is 0 Å². The molecule has 20 heavy (non-hydrogen) atoms. The third-order valence-corrected chi connectivity index (χ3v) is 3.35. The minimum absolute atomic E-state index is 0.379. The van der Waals surface area contributed by atoms with Crippen molar-refractivity contribution in [2.24, 2.45) is 0 Å². The summed E-state index contributed by atoms with van der Waals surface area (Å²) in [6.07, 6.45) is 2.93. The molecule has 0 spiro atoms. The number of benzene rings is 1. The third-order valence-electron chi connectivity index (χ3n) is 2.82. The topological polar surface area (TPSA) is 47.0 Å². The highest BCUT2D eigenvalue weighted by Gasteiger charge is 2.05. The molecule has 0 fully saturated rings. The Hall–Kier alpha value is -1.46. The maximum absolute atomic E-state index is 5.63. The van der Waals surface area contributed by atoms with Crippen LogP contribution in [-0.2, 0) is 6.54 Å². The van der Waals surface area contributed by atoms with Gasteiger partial charge in [-0.15, -0.1) is 0 Å². The van der Waals surface area contributed by atoms with E-state index in [2.05, 4.69) is 38.1 Å². The Labute approximate surface area is 127 Å². The van der Waals surface area contributed by atoms with Crippen molar-refractivity contribution < 1.29 is 4.74 Å². The quantitative estimate of drug-likeness (QED) is 0.814. The summed E-state index contributed by atoms with van der Waals surface area (Å²) < 4.78 is 6.64. The van der Waals surface area contributed by atoms with E-state index in [0.717, 1.165) is 41.0 Å². The van der Waals surface area contributed by atoms with Crippen molar-refractivity contribution in [3.05, 3.63) is 46.2 Å². The van der Waals surface area contributed by atoms with Gasteiger partial charge in [-0.25, -0.2) is 4.98 Å². The van der Waals surface area contributed by atoms with Crippen molar-refractivity contribution >= 4 is 15.9 Å². The fourth-order valence-corrected chi connectivity index (χ4v) is 1.97. The van der Waals surface area contributed by atoms with E-state index in [1.54, 1.807) is 0 Å². The molecule has 0 amide bonds. The molecule has 2 aromatic rings. The molecule has 0 unspecified atom stereocenters. The second-order valence-corrected chi connectivity index (χ2v) is 5.41. The first-order chi connectivity index (χ1) is 9.69. The molecule has 4 nitrogen and oxygen atoms in total. The number of hydrogen-bond acceptors (Lipinski definition) is 4. The Morgan fingerprint density at radius 2 is 2.00 bits per heavy atom. The number of ether oxygens (including phenoxy) is 1. The molecule has 106 valence electrons. The minimum atomic E-state index is 0.379. The number of hydrogen-bond donors (Lipinski definition) is 1. The molecule has 5 heteroatoms. The first-order valence-electron chi connectivity index (χ1n) is 6.65. The van der Waals surface area contributed by atoms with Gasteiger partial charge in [0.2, 0.25) is 0 Å². The summed E-state index contributed by atoms with van der Waals surface area (Å²) in [6, 6.07) is 7.97. The lowest BCUT2D eigenvalue weighted by Crippen LogP contribution is -2.15. The van der Waals surface area contributed by atoms with Gasteiger partial charge in [0.05, 0.1) is 0 Å². The molecule has 1 heterocycles. The van der Waals surface area contributed by atoms with Crippen molar-refractivity contribution in [1.29, 1.82) is 0 Å². The molecule has 0 bridgehead atoms. The zero-order valence-corrected chi connectivity index (χ0v) is 13.3. The maximum atomic E-state index is 5.63. The van der Waals surface area contributed by atoms with E-state index in [9.17, 15) is 0 Å². The van der Waals surface area contributed by atoms with E-state index in [0.29, 0.717) is 6.01 Å². The minimum Gasteiger partial charge on any atom is -0.424 e. The van der Waals surface area contributed by atoms with Crippen molar-refractivity contribution in [2.45, 2.75) is 26.8 Å². The lowest BCUT2D eigenvalue weighted by Gasteiger charge is -2.08. The van der Waals surface area contributed by atoms with Crippen LogP contribution >= 0.6 is 15.9 Å². The summed E-state index contributed by atoms with van der Waals surface area (Å²) in [6.45, 7) is 5.90. The molecule has 1 N–H and O–H groups in total. The second kappa shape index (κ2) is 7.36. The van der Waals surface area contributed by atoms with Crippen LogP contribution in [0.4, 0.5) is 0 Å². The molecular formula is C15H18BrN3O. The van der Waals surface area contributed by atoms with Gasteiger partial charge < -0.3 is 10.1 Å². The predicted octanol–water partition coefficient (Wildman–Crippen LogP) is 3.84. The Bertz CT molecular complexity index is 558. The van der Waals surface area contributed by atoms with Gasteiger partial charge in [0, 0.05) is 28.5 Å². The molecule has 0 radical (unpaired) electrons. The van der Waals surface area contributed by atoms with E-state index in [1.807, 2.05) is 37.4 Å². The van der Waals surface area contributed by atoms with Crippen molar-refractivity contribution in [3.8, 4) is 11.8 Å². The fourth-order valence-electron chi connectivity index (χ4n) is 1.70. The molecule has 0 saturated carbocycles. The van der Waals surface area contributed by atoms with Crippen LogP contribution < -0.4 is 10.1 Å². The second-order valence-electron chi connectivity index (χ2n) is 4.50. The van der Waals surface area contributed by atoms with E-state index in [4.69, 9.17) is 4.74 Å². The number of aromatic nitrogens is 2. The first kappa shape index (κ1) is 14.9. The van der Waals surface area contributed by atoms with Gasteiger partial charge in [-0.1, -0.05) is 22.9 Å². The van der Waals surface area contributed by atoms with Crippen LogP contribution in [-0.4, -0.2) is 16.5 Å². The summed E-state index contributed by atoms with van der Waals surface area (Å²) in [7, 11) is 0. The van der Waals surface area contributed by atoms with Gasteiger partial charge in [-0.05, 0) is 44.2 Å². The van der Waals surface area contributed by atoms with Gasteiger partial charge in [-0.3, -0.25) is 0 Å². The van der Waals surface area contributed by atoms with Gasteiger partial charge in [0.1, 0.15) is 5.75 Å². The zero-order chi connectivity index (χ0) is 14.4. The van der Waals surface area contributed by atoms with Crippen LogP contribution in [0.15, 0.2) is 34.9 Å². The number of nitrogens with one attached hydrogen (secondary N) is 1. The molecular weight excluding hydrogens is 318 g/mol. The predicted molar refractivity (Wildman–Crippen MR) is 83.0 cm³/mol. The molecule has 0 aliphatic carbocycles. The van der Waals surface area contributed by atoms with Crippen LogP contribution in [0.25, 0.3) is 0 Å². The highest BCUT2D eigenvalue weighted by Crippen LogP contribution is 2.21. The van der Waals surface area contributed by atoms with Crippen molar-refractivity contribution in [2.75, 3.05) is 6.54 Å². The summed E-state index contributed by atoms with van der Waals surface area (Å²) >= 11 is 3.39. The first-order valence-corrected chi connectivity index (χ1v) is 7.45. The van der Waals surface area contributed by atoms with Crippen molar-refractivity contribution in [3.63, 3.8) is 0 Å². The summed E-state index contributed by atoms with van der Waals surface area (Å²) in [4.78, 5) is 8.64. The average molecular weight is 336 g/mol. The number of nitrogens with zero attached hydrogens (tertiary/aromatic N) is 2. The maximum Gasteiger partial charge on any atom is 0.322 e. The van der Waals surface area contributed by atoms with Gasteiger partial charge in [0.15, 0.2) is 0 Å². The van der Waals surface area contributed by atoms with Crippen LogP contribution in [0.3, 0.4) is 0 Å². The van der Waals surface area contributed by atoms with Crippen LogP contribution in [0.5, 0.6) is 11.8 Å². The lowest BCUT2D eigenvalue weighted by molar-refractivity contribution is 0.439. The smallest absolute Gasteiger partial charge is 0.322 e. The average Bonchev–Trinajstić information content (AvgIpc) is 2.44. The van der Waals surface area contributed by atoms with E-state index >= 15 is 0 Å². The van der Waals surface area contributed by atoms with Crippen LogP contribution in [0.1, 0.15) is 24.6 Å². The van der Waals surface area contributed by atoms with Crippen LogP contribution in [0.2, 0.25) is 0 Å². The Balaban J connectivity index is 2.03. The van der Waals surface area contributed by atoms with Gasteiger partial charge >= 0.3 is 6.01 Å². The Kier molecular flexibility index (Phi) is 5.49. The highest BCUT2D eigenvalue weighted by atomic mass is 79.9. The molecule has 0 saturated heterocycles. The normalized spacial score (nSPS) is 10.6. The summed E-state index contributed by atoms with van der Waals surface area (Å²) in [5, 5.41) is 3.34. The molecule has 1 aromatic carbocycles. The summed E-state index contributed by atoms with van der Waals surface area (Å²) in [5.74, 6) is 0.726. The summed E-state index contributed by atoms with van der Waals surface area (Å²) in [5.41, 5.74) is 2.04. The van der Waals surface area contributed by atoms with Gasteiger partial charge in [-0.2, -0.15) is 4.98 Å². The monoisotopic (exact) mass is 335 g/mol. The Morgan fingerprint density at radius 1 is 1.25 bits per heavy atom. The molecule has 0 aliphatic heterocycles. The number of rotatable bonds is 6. The molecule has 0 aliphatic rings.